The molecule has 35 heavy (non-hydrogen) atoms. The summed E-state index contributed by atoms with van der Waals surface area (Å²) in [5, 5.41) is 10.8. The van der Waals surface area contributed by atoms with Crippen molar-refractivity contribution >= 4 is 17.8 Å². The van der Waals surface area contributed by atoms with Crippen molar-refractivity contribution in [2.45, 2.75) is 57.6 Å². The minimum atomic E-state index is -0.754. The first-order valence-electron chi connectivity index (χ1n) is 12.4. The van der Waals surface area contributed by atoms with Crippen molar-refractivity contribution in [1.29, 1.82) is 0 Å². The first-order valence-corrected chi connectivity index (χ1v) is 12.4. The molecule has 3 aliphatic carbocycles. The topological polar surface area (TPSA) is 144 Å². The molecule has 1 aromatic heterocycles. The van der Waals surface area contributed by atoms with Crippen molar-refractivity contribution < 1.29 is 24.2 Å². The number of nitrogens with zero attached hydrogens (tertiary/aromatic N) is 3. The fourth-order valence-corrected chi connectivity index (χ4v) is 5.73. The third-order valence-corrected chi connectivity index (χ3v) is 8.02. The molecule has 0 aromatic carbocycles. The molecule has 5 N–H and O–H groups in total. The largest absolute Gasteiger partial charge is 0.488 e. The van der Waals surface area contributed by atoms with Crippen LogP contribution in [0, 0.1) is 23.7 Å². The van der Waals surface area contributed by atoms with Crippen molar-refractivity contribution in [3.05, 3.63) is 29.7 Å². The Balaban J connectivity index is 1.40. The van der Waals surface area contributed by atoms with Gasteiger partial charge in [-0.15, -0.1) is 0 Å². The number of rotatable bonds is 8. The summed E-state index contributed by atoms with van der Waals surface area (Å²) in [5.74, 6) is 6.71. The van der Waals surface area contributed by atoms with Gasteiger partial charge >= 0.3 is 12.1 Å². The minimum absolute atomic E-state index is 0.0751. The molecule has 10 heteroatoms. The van der Waals surface area contributed by atoms with Crippen molar-refractivity contribution in [3.63, 3.8) is 0 Å². The molecule has 192 valence electrons. The maximum Gasteiger partial charge on any atom is 0.410 e. The summed E-state index contributed by atoms with van der Waals surface area (Å²) in [6, 6.07) is 3.71. The van der Waals surface area contributed by atoms with E-state index in [0.29, 0.717) is 47.0 Å². The highest BCUT2D eigenvalue weighted by Crippen LogP contribution is 2.57. The average molecular weight is 488 g/mol. The third kappa shape index (κ3) is 5.47. The number of nitrogens with two attached hydrogens (primary N) is 2. The third-order valence-electron chi connectivity index (χ3n) is 8.02. The molecule has 1 heterocycles. The smallest absolute Gasteiger partial charge is 0.410 e. The summed E-state index contributed by atoms with van der Waals surface area (Å²) in [4.78, 5) is 30.1. The van der Waals surface area contributed by atoms with Gasteiger partial charge in [0.1, 0.15) is 18.5 Å². The Morgan fingerprint density at radius 1 is 1.20 bits per heavy atom. The van der Waals surface area contributed by atoms with E-state index in [9.17, 15) is 14.7 Å². The molecule has 3 aliphatic rings. The second kappa shape index (κ2) is 10.3. The second-order valence-corrected chi connectivity index (χ2v) is 10.2. The minimum Gasteiger partial charge on any atom is -0.488 e. The van der Waals surface area contributed by atoms with Gasteiger partial charge in [-0.3, -0.25) is 9.78 Å². The number of hydrogen-bond acceptors (Lipinski definition) is 8. The quantitative estimate of drug-likeness (QED) is 0.372. The lowest BCUT2D eigenvalue weighted by atomic mass is 9.87. The molecule has 4 rings (SSSR count). The number of fused-ring (bicyclic) bond motifs is 1. The lowest BCUT2D eigenvalue weighted by Crippen LogP contribution is -2.37. The van der Waals surface area contributed by atoms with Crippen LogP contribution in [0.1, 0.15) is 51.1 Å². The summed E-state index contributed by atoms with van der Waals surface area (Å²) < 4.78 is 11.7. The fourth-order valence-electron chi connectivity index (χ4n) is 5.73. The summed E-state index contributed by atoms with van der Waals surface area (Å²) in [6.45, 7) is 2.08. The maximum absolute atomic E-state index is 12.5. The highest BCUT2D eigenvalue weighted by Gasteiger charge is 2.57. The summed E-state index contributed by atoms with van der Waals surface area (Å²) in [6.07, 6.45) is 6.52. The highest BCUT2D eigenvalue weighted by atomic mass is 16.6. The van der Waals surface area contributed by atoms with Gasteiger partial charge in [0.2, 0.25) is 0 Å². The number of carboxylic acid groups (broad SMARTS) is 1. The van der Waals surface area contributed by atoms with Crippen LogP contribution in [-0.4, -0.2) is 64.9 Å². The molecule has 0 saturated heterocycles. The van der Waals surface area contributed by atoms with Gasteiger partial charge in [-0.25, -0.2) is 10.6 Å². The fraction of sp³-hybridized carbons (Fsp3) is 0.640. The van der Waals surface area contributed by atoms with Gasteiger partial charge < -0.3 is 30.2 Å². The number of hydrogen-bond donors (Lipinski definition) is 3. The lowest BCUT2D eigenvalue weighted by molar-refractivity contribution is -0.144. The van der Waals surface area contributed by atoms with Gasteiger partial charge in [0.05, 0.1) is 29.2 Å². The van der Waals surface area contributed by atoms with E-state index in [-0.39, 0.29) is 24.7 Å². The molecule has 0 aliphatic heterocycles. The van der Waals surface area contributed by atoms with E-state index in [0.717, 1.165) is 32.1 Å². The number of likely N-dealkylation sites (N-methyl/N-ethyl adjacent to an activating group) is 1. The van der Waals surface area contributed by atoms with Crippen LogP contribution < -0.4 is 16.3 Å². The molecule has 1 aromatic rings. The Labute approximate surface area is 206 Å². The Kier molecular flexibility index (Phi) is 7.39. The standard InChI is InChI=1S/C25H37N5O5/c1-14-18-10-15(24(31)32)11-21(22(14)18)35-17-8-9-19(28-12-17)23(26)20(30(3)27)13-34-25(33)29(2)16-6-4-5-7-16/h8-9,12,14-16,18,21-22H,4-7,10-11,13,26-27H2,1-3H3,(H,31,32)/b23-20-/t14-,15?,18?,21?,22?/m0/s1. The zero-order valence-corrected chi connectivity index (χ0v) is 20.7. The molecule has 0 radical (unpaired) electrons. The Bertz CT molecular complexity index is 959. The SMILES string of the molecule is C[C@H]1C2CC(C(=O)O)CC(Oc3ccc(/C(N)=C(\COC(=O)N(C)C4CCCC4)N(C)N)nc3)C21. The number of amides is 1. The van der Waals surface area contributed by atoms with Gasteiger partial charge in [0.25, 0.3) is 0 Å². The molecule has 1 amide bonds. The molecular formula is C25H37N5O5. The summed E-state index contributed by atoms with van der Waals surface area (Å²) in [5.41, 5.74) is 7.56. The van der Waals surface area contributed by atoms with E-state index in [1.165, 1.54) is 5.01 Å². The lowest BCUT2D eigenvalue weighted by Gasteiger charge is -2.27. The van der Waals surface area contributed by atoms with Crippen LogP contribution in [0.2, 0.25) is 0 Å². The molecule has 0 spiro atoms. The van der Waals surface area contributed by atoms with Crippen molar-refractivity contribution in [3.8, 4) is 5.75 Å². The van der Waals surface area contributed by atoms with Crippen molar-refractivity contribution in [1.82, 2.24) is 14.9 Å². The van der Waals surface area contributed by atoms with E-state index in [2.05, 4.69) is 11.9 Å². The Hall–Kier alpha value is -3.01. The predicted molar refractivity (Wildman–Crippen MR) is 130 cm³/mol. The first-order chi connectivity index (χ1) is 16.7. The Morgan fingerprint density at radius 3 is 2.51 bits per heavy atom. The van der Waals surface area contributed by atoms with Crippen molar-refractivity contribution in [2.75, 3.05) is 20.7 Å². The average Bonchev–Trinajstić information content (AvgIpc) is 3.22. The van der Waals surface area contributed by atoms with Gasteiger partial charge in [-0.05, 0) is 49.7 Å². The van der Waals surface area contributed by atoms with E-state index >= 15 is 0 Å². The zero-order valence-electron chi connectivity index (χ0n) is 20.7. The zero-order chi connectivity index (χ0) is 25.3. The van der Waals surface area contributed by atoms with Crippen LogP contribution in [0.3, 0.4) is 0 Å². The number of aromatic nitrogens is 1. The monoisotopic (exact) mass is 487 g/mol. The number of aliphatic carboxylic acids is 1. The van der Waals surface area contributed by atoms with Gasteiger partial charge in [-0.1, -0.05) is 19.8 Å². The van der Waals surface area contributed by atoms with Crippen LogP contribution >= 0.6 is 0 Å². The van der Waals surface area contributed by atoms with E-state index < -0.39 is 12.1 Å². The van der Waals surface area contributed by atoms with Crippen LogP contribution in [0.5, 0.6) is 5.75 Å². The highest BCUT2D eigenvalue weighted by molar-refractivity contribution is 5.70. The van der Waals surface area contributed by atoms with Gasteiger partial charge in [-0.2, -0.15) is 0 Å². The van der Waals surface area contributed by atoms with Crippen LogP contribution in [0.25, 0.3) is 5.70 Å². The molecule has 3 fully saturated rings. The maximum atomic E-state index is 12.5. The summed E-state index contributed by atoms with van der Waals surface area (Å²) >= 11 is 0. The molecule has 4 unspecified atom stereocenters. The van der Waals surface area contributed by atoms with Crippen LogP contribution in [0.15, 0.2) is 24.0 Å². The van der Waals surface area contributed by atoms with Crippen LogP contribution in [0.4, 0.5) is 4.79 Å². The molecule has 0 bridgehead atoms. The number of carbonyl (C=O) groups excluding carboxylic acids is 1. The van der Waals surface area contributed by atoms with E-state index in [4.69, 9.17) is 21.1 Å². The molecule has 3 saturated carbocycles. The number of pyridine rings is 1. The van der Waals surface area contributed by atoms with Crippen molar-refractivity contribution in [2.24, 2.45) is 35.2 Å². The number of hydrazine groups is 1. The van der Waals surface area contributed by atoms with Crippen LogP contribution in [-0.2, 0) is 9.53 Å². The molecular weight excluding hydrogens is 450 g/mol. The van der Waals surface area contributed by atoms with Gasteiger partial charge in [0, 0.05) is 26.1 Å². The summed E-state index contributed by atoms with van der Waals surface area (Å²) in [7, 11) is 3.39. The number of ether oxygens (including phenoxy) is 2. The first kappa shape index (κ1) is 25.1. The number of carbonyl (C=O) groups is 2. The van der Waals surface area contributed by atoms with Gasteiger partial charge in [0.15, 0.2) is 0 Å². The molecule has 10 nitrogen and oxygen atoms in total. The van der Waals surface area contributed by atoms with E-state index in [1.807, 2.05) is 0 Å². The molecule has 5 atom stereocenters. The second-order valence-electron chi connectivity index (χ2n) is 10.2. The normalized spacial score (nSPS) is 28.5. The number of carboxylic acids is 1. The van der Waals surface area contributed by atoms with E-state index in [1.54, 1.807) is 37.3 Å². The Morgan fingerprint density at radius 2 is 1.91 bits per heavy atom. The predicted octanol–water partition coefficient (Wildman–Crippen LogP) is 2.65.